The van der Waals surface area contributed by atoms with Crippen LogP contribution in [0.25, 0.3) is 10.9 Å². The minimum Gasteiger partial charge on any atom is -0.445 e. The molecule has 10 nitrogen and oxygen atoms in total. The van der Waals surface area contributed by atoms with E-state index in [2.05, 4.69) is 15.6 Å². The van der Waals surface area contributed by atoms with Crippen LogP contribution in [0.4, 0.5) is 4.79 Å². The molecular weight excluding hydrogens is 651 g/mol. The standard InChI is InChI=1S/C39H43N4O6P/c40-37(44)35(24-32-25-41-34-22-11-10-21-33(32)34)42-38(45)31(20-12-19-28-13-4-1-5-14-28)27-50(47,48)36(23-29-15-6-2-7-16-29)43-39(46)49-26-30-17-8-3-9-18-30/h1-11,13-18,21-22,25,31,35-36,41H,12,19-20,23-24,26-27H2,(H2,40,44)(H,42,45)(H,43,46)(H,47,48)/t31-,35-,36+/m0/s1. The van der Waals surface area contributed by atoms with Gasteiger partial charge in [-0.15, -0.1) is 0 Å². The number of aryl methyl sites for hydroxylation is 1. The van der Waals surface area contributed by atoms with Crippen molar-refractivity contribution < 1.29 is 28.6 Å². The van der Waals surface area contributed by atoms with E-state index in [4.69, 9.17) is 10.5 Å². The Labute approximate surface area is 291 Å². The molecule has 4 aromatic carbocycles. The number of carbonyl (C=O) groups excluding carboxylic acids is 3. The number of aromatic amines is 1. The zero-order valence-corrected chi connectivity index (χ0v) is 28.6. The number of amides is 3. The monoisotopic (exact) mass is 694 g/mol. The molecule has 0 aliphatic carbocycles. The molecule has 1 heterocycles. The number of para-hydroxylation sites is 1. The number of hydrogen-bond acceptors (Lipinski definition) is 5. The topological polar surface area (TPSA) is 164 Å². The average Bonchev–Trinajstić information content (AvgIpc) is 3.53. The molecule has 0 radical (unpaired) electrons. The smallest absolute Gasteiger partial charge is 0.408 e. The van der Waals surface area contributed by atoms with Crippen molar-refractivity contribution in [2.24, 2.45) is 11.7 Å². The van der Waals surface area contributed by atoms with E-state index in [1.165, 1.54) is 0 Å². The number of fused-ring (bicyclic) bond motifs is 1. The molecule has 50 heavy (non-hydrogen) atoms. The van der Waals surface area contributed by atoms with Gasteiger partial charge in [0.05, 0.1) is 0 Å². The Bertz CT molecular complexity index is 1900. The largest absolute Gasteiger partial charge is 0.445 e. The highest BCUT2D eigenvalue weighted by molar-refractivity contribution is 7.58. The van der Waals surface area contributed by atoms with E-state index in [9.17, 15) is 23.8 Å². The van der Waals surface area contributed by atoms with Crippen molar-refractivity contribution >= 4 is 36.2 Å². The SMILES string of the molecule is NC(=O)[C@H](Cc1c[nH]c2ccccc12)NC(=O)[C@@H](CCCc1ccccc1)CP(=O)(O)[C@H](Cc1ccccc1)NC(=O)OCc1ccccc1. The highest BCUT2D eigenvalue weighted by atomic mass is 31.2. The normalized spacial score (nSPS) is 14.2. The van der Waals surface area contributed by atoms with E-state index in [1.807, 2.05) is 91.0 Å². The lowest BCUT2D eigenvalue weighted by Gasteiger charge is -2.28. The molecule has 0 aliphatic rings. The summed E-state index contributed by atoms with van der Waals surface area (Å²) in [7, 11) is -4.29. The van der Waals surface area contributed by atoms with Gasteiger partial charge in [0.15, 0.2) is 0 Å². The van der Waals surface area contributed by atoms with Gasteiger partial charge in [0.1, 0.15) is 18.4 Å². The number of alkyl carbamates (subject to hydrolysis) is 1. The first-order chi connectivity index (χ1) is 24.2. The lowest BCUT2D eigenvalue weighted by Crippen LogP contribution is -2.48. The van der Waals surface area contributed by atoms with E-state index in [1.54, 1.807) is 30.5 Å². The number of aromatic nitrogens is 1. The molecule has 1 aromatic heterocycles. The lowest BCUT2D eigenvalue weighted by molar-refractivity contribution is -0.129. The Morgan fingerprint density at radius 2 is 1.38 bits per heavy atom. The third-order valence-electron chi connectivity index (χ3n) is 8.73. The summed E-state index contributed by atoms with van der Waals surface area (Å²) in [6, 6.07) is 34.5. The third kappa shape index (κ3) is 10.4. The molecule has 260 valence electrons. The molecule has 3 amide bonds. The first kappa shape index (κ1) is 36.1. The summed E-state index contributed by atoms with van der Waals surface area (Å²) in [4.78, 5) is 54.4. The van der Waals surface area contributed by atoms with Gasteiger partial charge in [-0.2, -0.15) is 0 Å². The van der Waals surface area contributed by atoms with Crippen LogP contribution < -0.4 is 16.4 Å². The summed E-state index contributed by atoms with van der Waals surface area (Å²) in [5, 5.41) is 6.32. The Balaban J connectivity index is 1.35. The summed E-state index contributed by atoms with van der Waals surface area (Å²) >= 11 is 0. The molecule has 6 N–H and O–H groups in total. The molecule has 0 spiro atoms. The van der Waals surface area contributed by atoms with Crippen LogP contribution in [0.1, 0.15) is 35.1 Å². The van der Waals surface area contributed by atoms with Gasteiger partial charge in [0.25, 0.3) is 0 Å². The van der Waals surface area contributed by atoms with Gasteiger partial charge in [-0.3, -0.25) is 14.2 Å². The maximum atomic E-state index is 14.3. The number of rotatable bonds is 17. The van der Waals surface area contributed by atoms with Gasteiger partial charge >= 0.3 is 6.09 Å². The van der Waals surface area contributed by atoms with E-state index in [0.29, 0.717) is 12.8 Å². The lowest BCUT2D eigenvalue weighted by atomic mass is 9.98. The van der Waals surface area contributed by atoms with Crippen LogP contribution in [-0.2, 0) is 44.8 Å². The maximum Gasteiger partial charge on any atom is 0.408 e. The quantitative estimate of drug-likeness (QED) is 0.0741. The highest BCUT2D eigenvalue weighted by Gasteiger charge is 2.38. The Kier molecular flexibility index (Phi) is 12.6. The summed E-state index contributed by atoms with van der Waals surface area (Å²) in [6.07, 6.45) is 2.14. The van der Waals surface area contributed by atoms with Gasteiger partial charge < -0.3 is 31.0 Å². The molecule has 5 aromatic rings. The molecule has 0 fully saturated rings. The molecule has 4 atom stereocenters. The molecular formula is C39H43N4O6P. The van der Waals surface area contributed by atoms with Gasteiger partial charge in [0.2, 0.25) is 19.2 Å². The summed E-state index contributed by atoms with van der Waals surface area (Å²) < 4.78 is 19.7. The van der Waals surface area contributed by atoms with Crippen LogP contribution in [0.3, 0.4) is 0 Å². The number of nitrogens with one attached hydrogen (secondary N) is 3. The minimum atomic E-state index is -4.29. The molecule has 0 aliphatic heterocycles. The van der Waals surface area contributed by atoms with Crippen molar-refractivity contribution in [2.75, 3.05) is 6.16 Å². The molecule has 5 rings (SSSR count). The van der Waals surface area contributed by atoms with Gasteiger partial charge in [-0.05, 0) is 47.6 Å². The number of H-pyrrole nitrogens is 1. The number of carbonyl (C=O) groups is 3. The second-order valence-electron chi connectivity index (χ2n) is 12.5. The van der Waals surface area contributed by atoms with Crippen molar-refractivity contribution in [2.45, 2.75) is 50.5 Å². The maximum absolute atomic E-state index is 14.3. The minimum absolute atomic E-state index is 0.0179. The fourth-order valence-corrected chi connectivity index (χ4v) is 8.05. The van der Waals surface area contributed by atoms with Crippen LogP contribution in [0.2, 0.25) is 0 Å². The predicted molar refractivity (Wildman–Crippen MR) is 194 cm³/mol. The van der Waals surface area contributed by atoms with E-state index >= 15 is 0 Å². The summed E-state index contributed by atoms with van der Waals surface area (Å²) in [5.41, 5.74) is 10.0. The second kappa shape index (κ2) is 17.5. The van der Waals surface area contributed by atoms with Gasteiger partial charge in [-0.1, -0.05) is 109 Å². The van der Waals surface area contributed by atoms with Gasteiger partial charge in [0, 0.05) is 42.0 Å². The van der Waals surface area contributed by atoms with Crippen molar-refractivity contribution in [1.29, 1.82) is 0 Å². The van der Waals surface area contributed by atoms with Crippen LogP contribution in [0, 0.1) is 5.92 Å². The molecule has 0 saturated heterocycles. The third-order valence-corrected chi connectivity index (χ3v) is 11.0. The number of benzene rings is 4. The van der Waals surface area contributed by atoms with Gasteiger partial charge in [-0.25, -0.2) is 4.79 Å². The number of hydrogen-bond donors (Lipinski definition) is 5. The number of primary amides is 1. The molecule has 0 bridgehead atoms. The van der Waals surface area contributed by atoms with E-state index in [0.717, 1.165) is 33.2 Å². The van der Waals surface area contributed by atoms with Crippen LogP contribution in [0.15, 0.2) is 121 Å². The Morgan fingerprint density at radius 1 is 0.780 bits per heavy atom. The van der Waals surface area contributed by atoms with Crippen LogP contribution in [0.5, 0.6) is 0 Å². The zero-order valence-electron chi connectivity index (χ0n) is 27.7. The number of nitrogens with two attached hydrogens (primary N) is 1. The Hall–Kier alpha value is -5.18. The fraction of sp³-hybridized carbons (Fsp3) is 0.256. The first-order valence-electron chi connectivity index (χ1n) is 16.7. The Morgan fingerprint density at radius 3 is 2.04 bits per heavy atom. The highest BCUT2D eigenvalue weighted by Crippen LogP contribution is 2.49. The van der Waals surface area contributed by atoms with E-state index in [-0.39, 0.29) is 25.9 Å². The van der Waals surface area contributed by atoms with E-state index < -0.39 is 49.2 Å². The molecule has 1 unspecified atom stereocenters. The van der Waals surface area contributed by atoms with Crippen molar-refractivity contribution in [1.82, 2.24) is 15.6 Å². The van der Waals surface area contributed by atoms with Crippen LogP contribution >= 0.6 is 7.37 Å². The second-order valence-corrected chi connectivity index (χ2v) is 15.0. The first-order valence-corrected chi connectivity index (χ1v) is 18.6. The summed E-state index contributed by atoms with van der Waals surface area (Å²) in [5.74, 6) is -3.47. The van der Waals surface area contributed by atoms with Crippen LogP contribution in [-0.4, -0.2) is 45.8 Å². The zero-order chi connectivity index (χ0) is 35.3. The molecule has 0 saturated carbocycles. The summed E-state index contributed by atoms with van der Waals surface area (Å²) in [6.45, 7) is -0.0179. The predicted octanol–water partition coefficient (Wildman–Crippen LogP) is 6.09. The average molecular weight is 695 g/mol. The molecule has 11 heteroatoms. The number of ether oxygens (including phenoxy) is 1. The van der Waals surface area contributed by atoms with Crippen molar-refractivity contribution in [3.63, 3.8) is 0 Å². The van der Waals surface area contributed by atoms with Crippen molar-refractivity contribution in [3.05, 3.63) is 144 Å². The fourth-order valence-electron chi connectivity index (χ4n) is 6.01. The van der Waals surface area contributed by atoms with Crippen molar-refractivity contribution in [3.8, 4) is 0 Å².